The van der Waals surface area contributed by atoms with E-state index in [0.29, 0.717) is 11.6 Å². The standard InChI is InChI=1S/C19H17F3N2O4/c1-11(25)23-15(12-5-3-2-4-6-12)9-17(27)28-10-16(26)24-14-8-7-13(20)18(21)19(14)22/h2-8,15H,9-10H2,1H3,(H,23,25)(H,24,26)/t15-/m0/s1. The van der Waals surface area contributed by atoms with Gasteiger partial charge in [-0.25, -0.2) is 13.2 Å². The molecule has 0 aliphatic heterocycles. The third-order valence-electron chi connectivity index (χ3n) is 3.62. The van der Waals surface area contributed by atoms with Crippen LogP contribution in [0.15, 0.2) is 42.5 Å². The number of hydrogen-bond donors (Lipinski definition) is 2. The highest BCUT2D eigenvalue weighted by atomic mass is 19.2. The van der Waals surface area contributed by atoms with Crippen molar-refractivity contribution < 1.29 is 32.3 Å². The molecule has 0 bridgehead atoms. The molecule has 2 amide bonds. The highest BCUT2D eigenvalue weighted by molar-refractivity contribution is 5.93. The van der Waals surface area contributed by atoms with Crippen molar-refractivity contribution in [1.82, 2.24) is 5.32 Å². The molecule has 1 atom stereocenters. The number of halogens is 3. The Morgan fingerprint density at radius 3 is 2.32 bits per heavy atom. The summed E-state index contributed by atoms with van der Waals surface area (Å²) in [5, 5.41) is 4.59. The molecule has 0 saturated heterocycles. The van der Waals surface area contributed by atoms with E-state index >= 15 is 0 Å². The van der Waals surface area contributed by atoms with Gasteiger partial charge in [-0.2, -0.15) is 0 Å². The van der Waals surface area contributed by atoms with Crippen LogP contribution in [0.2, 0.25) is 0 Å². The SMILES string of the molecule is CC(=O)N[C@@H](CC(=O)OCC(=O)Nc1ccc(F)c(F)c1F)c1ccccc1. The molecule has 0 aliphatic carbocycles. The van der Waals surface area contributed by atoms with E-state index in [0.717, 1.165) is 6.07 Å². The molecule has 0 heterocycles. The van der Waals surface area contributed by atoms with E-state index in [4.69, 9.17) is 4.74 Å². The Kier molecular flexibility index (Phi) is 7.14. The van der Waals surface area contributed by atoms with Gasteiger partial charge in [-0.15, -0.1) is 0 Å². The van der Waals surface area contributed by atoms with Crippen molar-refractivity contribution >= 4 is 23.5 Å². The summed E-state index contributed by atoms with van der Waals surface area (Å²) in [6.07, 6.45) is -0.240. The van der Waals surface area contributed by atoms with E-state index in [1.165, 1.54) is 6.92 Å². The molecule has 148 valence electrons. The number of anilines is 1. The minimum absolute atomic E-state index is 0.240. The quantitative estimate of drug-likeness (QED) is 0.559. The summed E-state index contributed by atoms with van der Waals surface area (Å²) in [6.45, 7) is 0.532. The van der Waals surface area contributed by atoms with Crippen molar-refractivity contribution in [2.75, 3.05) is 11.9 Å². The molecule has 2 aromatic carbocycles. The number of carbonyl (C=O) groups is 3. The summed E-state index contributed by atoms with van der Waals surface area (Å²) in [6, 6.07) is 9.51. The highest BCUT2D eigenvalue weighted by Gasteiger charge is 2.20. The predicted molar refractivity (Wildman–Crippen MR) is 93.5 cm³/mol. The van der Waals surface area contributed by atoms with Gasteiger partial charge in [0.1, 0.15) is 0 Å². The van der Waals surface area contributed by atoms with Crippen molar-refractivity contribution in [1.29, 1.82) is 0 Å². The topological polar surface area (TPSA) is 84.5 Å². The highest BCUT2D eigenvalue weighted by Crippen LogP contribution is 2.20. The molecule has 0 aromatic heterocycles. The predicted octanol–water partition coefficient (Wildman–Crippen LogP) is 2.85. The lowest BCUT2D eigenvalue weighted by molar-refractivity contribution is -0.148. The van der Waals surface area contributed by atoms with E-state index in [1.54, 1.807) is 30.3 Å². The van der Waals surface area contributed by atoms with Gasteiger partial charge < -0.3 is 15.4 Å². The molecule has 28 heavy (non-hydrogen) atoms. The number of ether oxygens (including phenoxy) is 1. The van der Waals surface area contributed by atoms with Crippen molar-refractivity contribution in [2.45, 2.75) is 19.4 Å². The lowest BCUT2D eigenvalue weighted by atomic mass is 10.0. The third kappa shape index (κ3) is 5.83. The normalized spacial score (nSPS) is 11.4. The molecular formula is C19H17F3N2O4. The second-order valence-corrected chi connectivity index (χ2v) is 5.80. The van der Waals surface area contributed by atoms with Crippen LogP contribution in [0.25, 0.3) is 0 Å². The Labute approximate surface area is 158 Å². The number of benzene rings is 2. The maximum atomic E-state index is 13.5. The molecule has 0 unspecified atom stereocenters. The van der Waals surface area contributed by atoms with Crippen LogP contribution >= 0.6 is 0 Å². The maximum absolute atomic E-state index is 13.5. The number of amides is 2. The number of esters is 1. The van der Waals surface area contributed by atoms with Crippen molar-refractivity contribution in [3.63, 3.8) is 0 Å². The van der Waals surface area contributed by atoms with Crippen molar-refractivity contribution in [3.8, 4) is 0 Å². The van der Waals surface area contributed by atoms with E-state index in [1.807, 2.05) is 5.32 Å². The third-order valence-corrected chi connectivity index (χ3v) is 3.62. The first-order valence-electron chi connectivity index (χ1n) is 8.19. The van der Waals surface area contributed by atoms with Crippen LogP contribution < -0.4 is 10.6 Å². The van der Waals surface area contributed by atoms with Gasteiger partial charge in [-0.1, -0.05) is 30.3 Å². The summed E-state index contributed by atoms with van der Waals surface area (Å²) >= 11 is 0. The molecule has 9 heteroatoms. The molecule has 0 radical (unpaired) electrons. The van der Waals surface area contributed by atoms with Gasteiger partial charge >= 0.3 is 5.97 Å². The van der Waals surface area contributed by atoms with Crippen LogP contribution in [0.3, 0.4) is 0 Å². The zero-order chi connectivity index (χ0) is 20.7. The number of carbonyl (C=O) groups excluding carboxylic acids is 3. The monoisotopic (exact) mass is 394 g/mol. The zero-order valence-corrected chi connectivity index (χ0v) is 14.8. The van der Waals surface area contributed by atoms with Crippen molar-refractivity contribution in [3.05, 3.63) is 65.5 Å². The minimum Gasteiger partial charge on any atom is -0.455 e. The van der Waals surface area contributed by atoms with Crippen LogP contribution in [0.1, 0.15) is 24.9 Å². The van der Waals surface area contributed by atoms with Gasteiger partial charge in [0.25, 0.3) is 5.91 Å². The van der Waals surface area contributed by atoms with E-state index in [9.17, 15) is 27.6 Å². The molecule has 0 fully saturated rings. The van der Waals surface area contributed by atoms with Crippen molar-refractivity contribution in [2.24, 2.45) is 0 Å². The second kappa shape index (κ2) is 9.54. The van der Waals surface area contributed by atoms with E-state index in [-0.39, 0.29) is 12.3 Å². The number of hydrogen-bond acceptors (Lipinski definition) is 4. The number of rotatable bonds is 7. The minimum atomic E-state index is -1.73. The Bertz CT molecular complexity index is 875. The first-order chi connectivity index (χ1) is 13.3. The molecular weight excluding hydrogens is 377 g/mol. The van der Waals surface area contributed by atoms with Gasteiger partial charge in [0, 0.05) is 6.92 Å². The molecule has 2 rings (SSSR count). The van der Waals surface area contributed by atoms with Gasteiger partial charge in [0.05, 0.1) is 18.2 Å². The molecule has 0 spiro atoms. The zero-order valence-electron chi connectivity index (χ0n) is 14.8. The van der Waals surface area contributed by atoms with E-state index < -0.39 is 47.7 Å². The Hall–Kier alpha value is -3.36. The van der Waals surface area contributed by atoms with Gasteiger partial charge in [-0.05, 0) is 17.7 Å². The summed E-state index contributed by atoms with van der Waals surface area (Å²) in [5.41, 5.74) is 0.0864. The smallest absolute Gasteiger partial charge is 0.308 e. The summed E-state index contributed by atoms with van der Waals surface area (Å²) in [4.78, 5) is 35.1. The summed E-state index contributed by atoms with van der Waals surface area (Å²) in [7, 11) is 0. The summed E-state index contributed by atoms with van der Waals surface area (Å²) < 4.78 is 44.4. The lowest BCUT2D eigenvalue weighted by Crippen LogP contribution is -2.29. The van der Waals surface area contributed by atoms with Gasteiger partial charge in [0.15, 0.2) is 24.1 Å². The molecule has 0 saturated carbocycles. The first kappa shape index (κ1) is 20.9. The lowest BCUT2D eigenvalue weighted by Gasteiger charge is -2.17. The average Bonchev–Trinajstić information content (AvgIpc) is 2.67. The number of nitrogens with one attached hydrogen (secondary N) is 2. The fourth-order valence-corrected chi connectivity index (χ4v) is 2.36. The van der Waals surface area contributed by atoms with Gasteiger partial charge in [0.2, 0.25) is 5.91 Å². The average molecular weight is 394 g/mol. The Morgan fingerprint density at radius 1 is 1.00 bits per heavy atom. The molecule has 2 N–H and O–H groups in total. The van der Waals surface area contributed by atoms with Crippen LogP contribution in [0.4, 0.5) is 18.9 Å². The summed E-state index contributed by atoms with van der Waals surface area (Å²) in [5.74, 6) is -6.76. The van der Waals surface area contributed by atoms with Gasteiger partial charge in [-0.3, -0.25) is 14.4 Å². The Balaban J connectivity index is 1.92. The fraction of sp³-hybridized carbons (Fsp3) is 0.211. The van der Waals surface area contributed by atoms with Crippen LogP contribution in [-0.2, 0) is 19.1 Å². The largest absolute Gasteiger partial charge is 0.455 e. The molecule has 0 aliphatic rings. The maximum Gasteiger partial charge on any atom is 0.308 e. The second-order valence-electron chi connectivity index (χ2n) is 5.80. The van der Waals surface area contributed by atoms with Crippen LogP contribution in [0, 0.1) is 17.5 Å². The molecule has 6 nitrogen and oxygen atoms in total. The first-order valence-corrected chi connectivity index (χ1v) is 8.19. The fourth-order valence-electron chi connectivity index (χ4n) is 2.36. The van der Waals surface area contributed by atoms with E-state index in [2.05, 4.69) is 5.32 Å². The van der Waals surface area contributed by atoms with Crippen LogP contribution in [0.5, 0.6) is 0 Å². The Morgan fingerprint density at radius 2 is 1.68 bits per heavy atom. The van der Waals surface area contributed by atoms with Crippen LogP contribution in [-0.4, -0.2) is 24.4 Å². The molecule has 2 aromatic rings.